The molecule has 1 rings (SSSR count). The minimum Gasteiger partial charge on any atom is -0.352 e. The van der Waals surface area contributed by atoms with Gasteiger partial charge >= 0.3 is 6.03 Å². The van der Waals surface area contributed by atoms with E-state index >= 15 is 0 Å². The molecule has 7 N–H and O–H groups in total. The van der Waals surface area contributed by atoms with E-state index in [9.17, 15) is 13.2 Å². The van der Waals surface area contributed by atoms with Crippen molar-refractivity contribution in [2.24, 2.45) is 11.6 Å². The fourth-order valence-electron chi connectivity index (χ4n) is 0.984. The lowest BCUT2D eigenvalue weighted by Crippen LogP contribution is -2.37. The number of aromatic nitrogens is 2. The van der Waals surface area contributed by atoms with E-state index in [0.717, 1.165) is 12.4 Å². The van der Waals surface area contributed by atoms with E-state index in [1.807, 2.05) is 0 Å². The molecule has 0 saturated carbocycles. The Balaban J connectivity index is 2.59. The lowest BCUT2D eigenvalue weighted by atomic mass is 10.6. The largest absolute Gasteiger partial charge is 0.352 e. The molecular formula is C7H13N7O3S. The molecule has 0 saturated heterocycles. The zero-order valence-electron chi connectivity index (χ0n) is 9.25. The average Bonchev–Trinajstić information content (AvgIpc) is 2.34. The third kappa shape index (κ3) is 4.12. The van der Waals surface area contributed by atoms with Gasteiger partial charge in [-0.15, -0.1) is 0 Å². The van der Waals surface area contributed by atoms with Gasteiger partial charge in [-0.3, -0.25) is 5.43 Å². The number of anilines is 1. The molecule has 1 heterocycles. The van der Waals surface area contributed by atoms with Crippen LogP contribution < -0.4 is 27.0 Å². The summed E-state index contributed by atoms with van der Waals surface area (Å²) in [6.07, 6.45) is 2.21. The van der Waals surface area contributed by atoms with Crippen molar-refractivity contribution in [3.8, 4) is 0 Å². The summed E-state index contributed by atoms with van der Waals surface area (Å²) < 4.78 is 25.6. The van der Waals surface area contributed by atoms with Crippen LogP contribution in [0.3, 0.4) is 0 Å². The van der Waals surface area contributed by atoms with E-state index in [1.54, 1.807) is 0 Å². The molecule has 2 amide bonds. The zero-order valence-corrected chi connectivity index (χ0v) is 10.1. The van der Waals surface area contributed by atoms with Crippen molar-refractivity contribution < 1.29 is 13.2 Å². The van der Waals surface area contributed by atoms with Crippen LogP contribution in [0.2, 0.25) is 0 Å². The van der Waals surface area contributed by atoms with Gasteiger partial charge in [0.2, 0.25) is 16.0 Å². The van der Waals surface area contributed by atoms with Crippen LogP contribution >= 0.6 is 0 Å². The number of carbonyl (C=O) groups excluding carboxylic acids is 1. The van der Waals surface area contributed by atoms with Crippen molar-refractivity contribution in [2.45, 2.75) is 4.90 Å². The van der Waals surface area contributed by atoms with Crippen molar-refractivity contribution in [1.82, 2.24) is 20.0 Å². The normalized spacial score (nSPS) is 10.9. The van der Waals surface area contributed by atoms with Crippen molar-refractivity contribution in [3.63, 3.8) is 0 Å². The van der Waals surface area contributed by atoms with Crippen LogP contribution in [0, 0.1) is 0 Å². The standard InChI is InChI=1S/C7H13N7O3S/c8-6(15)10-1-2-13-18(16,17)5-3-11-7(14-9)12-4-5/h3-4,13H,1-2,9H2,(H3,8,10,15)(H,11,12,14). The fraction of sp³-hybridized carbons (Fsp3) is 0.286. The van der Waals surface area contributed by atoms with E-state index < -0.39 is 16.1 Å². The summed E-state index contributed by atoms with van der Waals surface area (Å²) in [4.78, 5) is 17.6. The molecule has 0 radical (unpaired) electrons. The highest BCUT2D eigenvalue weighted by Crippen LogP contribution is 2.05. The van der Waals surface area contributed by atoms with Crippen molar-refractivity contribution in [2.75, 3.05) is 18.5 Å². The van der Waals surface area contributed by atoms with E-state index in [2.05, 4.69) is 25.4 Å². The molecule has 0 atom stereocenters. The fourth-order valence-corrected chi connectivity index (χ4v) is 1.90. The number of rotatable bonds is 6. The Morgan fingerprint density at radius 1 is 1.28 bits per heavy atom. The molecule has 0 aliphatic heterocycles. The Morgan fingerprint density at radius 3 is 2.39 bits per heavy atom. The number of hydrogen-bond acceptors (Lipinski definition) is 7. The van der Waals surface area contributed by atoms with Gasteiger partial charge in [0.15, 0.2) is 0 Å². The van der Waals surface area contributed by atoms with Gasteiger partial charge in [-0.05, 0) is 0 Å². The van der Waals surface area contributed by atoms with E-state index in [1.165, 1.54) is 0 Å². The van der Waals surface area contributed by atoms with Gasteiger partial charge in [-0.2, -0.15) is 0 Å². The van der Waals surface area contributed by atoms with Crippen molar-refractivity contribution in [3.05, 3.63) is 12.4 Å². The minimum absolute atomic E-state index is 0.00215. The summed E-state index contributed by atoms with van der Waals surface area (Å²) in [6.45, 7) is 0.0834. The first kappa shape index (κ1) is 14.1. The first-order valence-electron chi connectivity index (χ1n) is 4.77. The highest BCUT2D eigenvalue weighted by molar-refractivity contribution is 7.89. The SMILES string of the molecule is NNc1ncc(S(=O)(=O)NCCNC(N)=O)cn1. The number of hydrazine groups is 1. The molecule has 0 fully saturated rings. The summed E-state index contributed by atoms with van der Waals surface area (Å²) >= 11 is 0. The van der Waals surface area contributed by atoms with Gasteiger partial charge in [0.05, 0.1) is 12.4 Å². The zero-order chi connectivity index (χ0) is 13.6. The van der Waals surface area contributed by atoms with Gasteiger partial charge in [0, 0.05) is 13.1 Å². The molecule has 1 aromatic rings. The smallest absolute Gasteiger partial charge is 0.312 e. The lowest BCUT2D eigenvalue weighted by Gasteiger charge is -2.06. The first-order chi connectivity index (χ1) is 8.45. The molecule has 1 aromatic heterocycles. The van der Waals surface area contributed by atoms with Gasteiger partial charge in [-0.25, -0.2) is 33.7 Å². The second-order valence-electron chi connectivity index (χ2n) is 3.08. The quantitative estimate of drug-likeness (QED) is 0.221. The Kier molecular flexibility index (Phi) is 4.76. The van der Waals surface area contributed by atoms with Crippen LogP contribution in [0.5, 0.6) is 0 Å². The summed E-state index contributed by atoms with van der Waals surface area (Å²) in [6, 6.07) is -0.726. The second-order valence-corrected chi connectivity index (χ2v) is 4.84. The number of primary amides is 1. The van der Waals surface area contributed by atoms with Crippen LogP contribution in [-0.4, -0.2) is 37.5 Å². The molecule has 0 bridgehead atoms. The van der Waals surface area contributed by atoms with Crippen LogP contribution in [0.4, 0.5) is 10.7 Å². The summed E-state index contributed by atoms with van der Waals surface area (Å²) in [5.74, 6) is 5.14. The van der Waals surface area contributed by atoms with E-state index in [0.29, 0.717) is 0 Å². The Bertz CT molecular complexity index is 500. The number of urea groups is 1. The molecule has 11 heteroatoms. The van der Waals surface area contributed by atoms with E-state index in [4.69, 9.17) is 11.6 Å². The van der Waals surface area contributed by atoms with Gasteiger partial charge in [0.1, 0.15) is 4.90 Å². The maximum Gasteiger partial charge on any atom is 0.312 e. The number of nitrogen functional groups attached to an aromatic ring is 1. The van der Waals surface area contributed by atoms with Gasteiger partial charge in [-0.1, -0.05) is 0 Å². The molecule has 100 valence electrons. The number of nitrogens with two attached hydrogens (primary N) is 2. The molecule has 0 spiro atoms. The highest BCUT2D eigenvalue weighted by Gasteiger charge is 2.14. The highest BCUT2D eigenvalue weighted by atomic mass is 32.2. The third-order valence-corrected chi connectivity index (χ3v) is 3.20. The number of sulfonamides is 1. The van der Waals surface area contributed by atoms with E-state index in [-0.39, 0.29) is 23.9 Å². The maximum atomic E-state index is 11.7. The molecular weight excluding hydrogens is 262 g/mol. The van der Waals surface area contributed by atoms with Crippen LogP contribution in [0.15, 0.2) is 17.3 Å². The third-order valence-electron chi connectivity index (χ3n) is 1.78. The van der Waals surface area contributed by atoms with Crippen molar-refractivity contribution in [1.29, 1.82) is 0 Å². The van der Waals surface area contributed by atoms with Crippen molar-refractivity contribution >= 4 is 22.0 Å². The maximum absolute atomic E-state index is 11.7. The molecule has 18 heavy (non-hydrogen) atoms. The molecule has 10 nitrogen and oxygen atoms in total. The predicted octanol–water partition coefficient (Wildman–Crippen LogP) is -2.29. The molecule has 0 aromatic carbocycles. The Morgan fingerprint density at radius 2 is 1.89 bits per heavy atom. The number of nitrogens with zero attached hydrogens (tertiary/aromatic N) is 2. The monoisotopic (exact) mass is 275 g/mol. The first-order valence-corrected chi connectivity index (χ1v) is 6.25. The summed E-state index contributed by atoms with van der Waals surface area (Å²) in [5.41, 5.74) is 6.99. The van der Waals surface area contributed by atoms with Crippen LogP contribution in [0.25, 0.3) is 0 Å². The summed E-state index contributed by atoms with van der Waals surface area (Å²) in [5, 5.41) is 2.24. The number of carbonyl (C=O) groups is 1. The Hall–Kier alpha value is -1.98. The van der Waals surface area contributed by atoms with Gasteiger partial charge < -0.3 is 11.1 Å². The molecule has 0 unspecified atom stereocenters. The predicted molar refractivity (Wildman–Crippen MR) is 62.6 cm³/mol. The topological polar surface area (TPSA) is 165 Å². The average molecular weight is 275 g/mol. The second kappa shape index (κ2) is 6.09. The lowest BCUT2D eigenvalue weighted by molar-refractivity contribution is 0.249. The van der Waals surface area contributed by atoms with Crippen LogP contribution in [0.1, 0.15) is 0 Å². The molecule has 0 aliphatic rings. The minimum atomic E-state index is -3.72. The van der Waals surface area contributed by atoms with Crippen LogP contribution in [-0.2, 0) is 10.0 Å². The summed E-state index contributed by atoms with van der Waals surface area (Å²) in [7, 11) is -3.72. The van der Waals surface area contributed by atoms with Gasteiger partial charge in [0.25, 0.3) is 0 Å². The number of amides is 2. The Labute approximate surface area is 103 Å². The number of hydrogen-bond donors (Lipinski definition) is 5. The number of nitrogens with one attached hydrogen (secondary N) is 3. The molecule has 0 aliphatic carbocycles.